The van der Waals surface area contributed by atoms with Crippen molar-refractivity contribution < 1.29 is 0 Å². The molecule has 0 radical (unpaired) electrons. The van der Waals surface area contributed by atoms with E-state index in [1.807, 2.05) is 22.8 Å². The fourth-order valence-electron chi connectivity index (χ4n) is 2.13. The van der Waals surface area contributed by atoms with Crippen molar-refractivity contribution in [1.82, 2.24) is 24.2 Å². The van der Waals surface area contributed by atoms with E-state index in [-0.39, 0.29) is 0 Å². The number of rotatable bonds is 8. The van der Waals surface area contributed by atoms with Gasteiger partial charge in [0.2, 0.25) is 0 Å². The normalized spacial score (nSPS) is 10.8. The summed E-state index contributed by atoms with van der Waals surface area (Å²) in [6.45, 7) is 5.05. The number of aromatic nitrogens is 4. The summed E-state index contributed by atoms with van der Waals surface area (Å²) < 4.78 is 4.46. The third kappa shape index (κ3) is 4.48. The van der Waals surface area contributed by atoms with Crippen LogP contribution in [0.3, 0.4) is 0 Å². The molecular weight excluding hydrogens is 296 g/mol. The molecule has 0 aliphatic rings. The Morgan fingerprint density at radius 3 is 2.95 bits per heavy atom. The summed E-state index contributed by atoms with van der Waals surface area (Å²) >= 11 is 5.47. The molecule has 6 nitrogen and oxygen atoms in total. The van der Waals surface area contributed by atoms with Gasteiger partial charge in [-0.25, -0.2) is 4.68 Å². The molecule has 116 valence electrons. The van der Waals surface area contributed by atoms with Crippen LogP contribution in [0, 0.1) is 16.1 Å². The van der Waals surface area contributed by atoms with Gasteiger partial charge in [0.15, 0.2) is 4.77 Å². The number of nitrogens with zero attached hydrogens (tertiary/aromatic N) is 6. The van der Waals surface area contributed by atoms with Crippen molar-refractivity contribution >= 4 is 12.2 Å². The Morgan fingerprint density at radius 1 is 1.41 bits per heavy atom. The molecule has 0 unspecified atom stereocenters. The number of pyridine rings is 1. The molecule has 2 aromatic heterocycles. The lowest BCUT2D eigenvalue weighted by Gasteiger charge is -2.18. The summed E-state index contributed by atoms with van der Waals surface area (Å²) in [7, 11) is 0. The molecule has 2 rings (SSSR count). The van der Waals surface area contributed by atoms with Gasteiger partial charge >= 0.3 is 0 Å². The third-order valence-corrected chi connectivity index (χ3v) is 3.90. The highest BCUT2D eigenvalue weighted by Crippen LogP contribution is 2.02. The van der Waals surface area contributed by atoms with Gasteiger partial charge in [-0.2, -0.15) is 10.4 Å². The predicted octanol–water partition coefficient (Wildman–Crippen LogP) is 2.24. The van der Waals surface area contributed by atoms with Crippen LogP contribution in [0.2, 0.25) is 0 Å². The van der Waals surface area contributed by atoms with E-state index in [0.717, 1.165) is 31.7 Å². The van der Waals surface area contributed by atoms with Gasteiger partial charge in [-0.05, 0) is 30.9 Å². The predicted molar refractivity (Wildman–Crippen MR) is 86.5 cm³/mol. The van der Waals surface area contributed by atoms with Gasteiger partial charge in [-0.1, -0.05) is 13.0 Å². The fourth-order valence-corrected chi connectivity index (χ4v) is 2.37. The van der Waals surface area contributed by atoms with Crippen molar-refractivity contribution in [3.05, 3.63) is 41.2 Å². The lowest BCUT2D eigenvalue weighted by molar-refractivity contribution is 0.220. The molecule has 0 N–H and O–H groups in total. The van der Waals surface area contributed by atoms with E-state index in [9.17, 15) is 0 Å². The zero-order valence-electron chi connectivity index (χ0n) is 12.7. The van der Waals surface area contributed by atoms with Gasteiger partial charge in [-0.15, -0.1) is 0 Å². The highest BCUT2D eigenvalue weighted by molar-refractivity contribution is 7.71. The van der Waals surface area contributed by atoms with E-state index in [1.54, 1.807) is 17.2 Å². The first-order valence-electron chi connectivity index (χ1n) is 7.36. The molecule has 0 fully saturated rings. The summed E-state index contributed by atoms with van der Waals surface area (Å²) in [4.78, 5) is 6.46. The highest BCUT2D eigenvalue weighted by atomic mass is 32.1. The molecule has 0 saturated carbocycles. The Morgan fingerprint density at radius 2 is 2.27 bits per heavy atom. The van der Waals surface area contributed by atoms with Crippen molar-refractivity contribution in [3.63, 3.8) is 0 Å². The first kappa shape index (κ1) is 16.3. The minimum absolute atomic E-state index is 0.515. The monoisotopic (exact) mass is 316 g/mol. The molecule has 0 aliphatic carbocycles. The first-order chi connectivity index (χ1) is 10.7. The summed E-state index contributed by atoms with van der Waals surface area (Å²) in [5.74, 6) is 0. The number of aryl methyl sites for hydroxylation is 2. The average molecular weight is 316 g/mol. The van der Waals surface area contributed by atoms with Gasteiger partial charge in [0.1, 0.15) is 6.33 Å². The molecule has 0 atom stereocenters. The standard InChI is InChI=1S/C15H20N6S/c1-2-19(10-5-8-16)13-21-15(22)20(12-18-21)11-7-14-6-3-4-9-17-14/h3-4,6,9,12H,2,5,7,10-11,13H2,1H3. The number of hydrogen-bond acceptors (Lipinski definition) is 5. The van der Waals surface area contributed by atoms with Crippen molar-refractivity contribution in [2.45, 2.75) is 33.0 Å². The summed E-state index contributed by atoms with van der Waals surface area (Å²) in [5.41, 5.74) is 1.04. The van der Waals surface area contributed by atoms with E-state index in [0.29, 0.717) is 17.9 Å². The Labute approximate surface area is 135 Å². The Kier molecular flexibility index (Phi) is 6.25. The van der Waals surface area contributed by atoms with Crippen LogP contribution in [0.5, 0.6) is 0 Å². The molecular formula is C15H20N6S. The Hall–Kier alpha value is -2.04. The maximum absolute atomic E-state index is 8.68. The zero-order valence-corrected chi connectivity index (χ0v) is 13.5. The van der Waals surface area contributed by atoms with Crippen LogP contribution >= 0.6 is 12.2 Å². The highest BCUT2D eigenvalue weighted by Gasteiger charge is 2.07. The Balaban J connectivity index is 1.97. The molecule has 0 amide bonds. The maximum atomic E-state index is 8.68. The lowest BCUT2D eigenvalue weighted by Crippen LogP contribution is -2.28. The SMILES string of the molecule is CCN(CCC#N)Cn1ncn(CCc2ccccn2)c1=S. The second-order valence-corrected chi connectivity index (χ2v) is 5.30. The smallest absolute Gasteiger partial charge is 0.198 e. The molecule has 2 heterocycles. The van der Waals surface area contributed by atoms with E-state index < -0.39 is 0 Å². The molecule has 0 saturated heterocycles. The molecule has 0 bridgehead atoms. The molecule has 2 aromatic rings. The van der Waals surface area contributed by atoms with E-state index in [2.05, 4.69) is 28.0 Å². The fraction of sp³-hybridized carbons (Fsp3) is 0.467. The molecule has 7 heteroatoms. The number of hydrogen-bond donors (Lipinski definition) is 0. The lowest BCUT2D eigenvalue weighted by atomic mass is 10.3. The molecule has 0 spiro atoms. The van der Waals surface area contributed by atoms with Crippen LogP contribution in [-0.2, 0) is 19.6 Å². The summed E-state index contributed by atoms with van der Waals surface area (Å²) in [5, 5.41) is 13.0. The van der Waals surface area contributed by atoms with Crippen molar-refractivity contribution in [2.24, 2.45) is 0 Å². The Bertz CT molecular complexity index is 669. The van der Waals surface area contributed by atoms with E-state index in [1.165, 1.54) is 0 Å². The average Bonchev–Trinajstić information content (AvgIpc) is 2.90. The van der Waals surface area contributed by atoms with E-state index >= 15 is 0 Å². The molecule has 0 aliphatic heterocycles. The van der Waals surface area contributed by atoms with Gasteiger partial charge < -0.3 is 4.57 Å². The number of nitriles is 1. The summed E-state index contributed by atoms with van der Waals surface area (Å²) in [6, 6.07) is 8.07. The van der Waals surface area contributed by atoms with Crippen molar-refractivity contribution in [1.29, 1.82) is 5.26 Å². The third-order valence-electron chi connectivity index (χ3n) is 3.45. The maximum Gasteiger partial charge on any atom is 0.198 e. The van der Waals surface area contributed by atoms with Gasteiger partial charge in [-0.3, -0.25) is 9.88 Å². The van der Waals surface area contributed by atoms with Crippen LogP contribution < -0.4 is 0 Å². The van der Waals surface area contributed by atoms with Crippen molar-refractivity contribution in [2.75, 3.05) is 13.1 Å². The van der Waals surface area contributed by atoms with Crippen LogP contribution in [0.15, 0.2) is 30.7 Å². The second-order valence-electron chi connectivity index (χ2n) is 4.94. The molecule has 0 aromatic carbocycles. The zero-order chi connectivity index (χ0) is 15.8. The van der Waals surface area contributed by atoms with Gasteiger partial charge in [0.05, 0.1) is 12.7 Å². The van der Waals surface area contributed by atoms with Crippen molar-refractivity contribution in [3.8, 4) is 6.07 Å². The van der Waals surface area contributed by atoms with Crippen LogP contribution in [0.4, 0.5) is 0 Å². The quantitative estimate of drug-likeness (QED) is 0.699. The van der Waals surface area contributed by atoms with Gasteiger partial charge in [0.25, 0.3) is 0 Å². The van der Waals surface area contributed by atoms with Gasteiger partial charge in [0, 0.05) is 37.8 Å². The first-order valence-corrected chi connectivity index (χ1v) is 7.77. The van der Waals surface area contributed by atoms with E-state index in [4.69, 9.17) is 17.5 Å². The van der Waals surface area contributed by atoms with Crippen LogP contribution in [0.1, 0.15) is 19.0 Å². The van der Waals surface area contributed by atoms with Crippen LogP contribution in [0.25, 0.3) is 0 Å². The topological polar surface area (TPSA) is 62.7 Å². The second kappa shape index (κ2) is 8.41. The minimum atomic E-state index is 0.515. The van der Waals surface area contributed by atoms with Crippen LogP contribution in [-0.4, -0.2) is 37.3 Å². The minimum Gasteiger partial charge on any atom is -0.306 e. The summed E-state index contributed by atoms with van der Waals surface area (Å²) in [6.07, 6.45) is 4.91. The molecule has 22 heavy (non-hydrogen) atoms. The largest absolute Gasteiger partial charge is 0.306 e.